The van der Waals surface area contributed by atoms with Gasteiger partial charge in [-0.2, -0.15) is 0 Å². The van der Waals surface area contributed by atoms with Crippen LogP contribution in [0.25, 0.3) is 0 Å². The molecular weight excluding hydrogens is 270 g/mol. The van der Waals surface area contributed by atoms with E-state index < -0.39 is 0 Å². The number of carbonyl (C=O) groups is 1. The lowest BCUT2D eigenvalue weighted by Crippen LogP contribution is -2.57. The van der Waals surface area contributed by atoms with Gasteiger partial charge < -0.3 is 11.1 Å². The lowest BCUT2D eigenvalue weighted by Gasteiger charge is -2.40. The monoisotopic (exact) mass is 287 g/mol. The van der Waals surface area contributed by atoms with E-state index in [2.05, 4.69) is 10.2 Å². The van der Waals surface area contributed by atoms with Crippen molar-refractivity contribution in [3.05, 3.63) is 21.3 Å². The van der Waals surface area contributed by atoms with Crippen molar-refractivity contribution in [3.8, 4) is 0 Å². The summed E-state index contributed by atoms with van der Waals surface area (Å²) in [6, 6.07) is 3.72. The number of nitrogens with two attached hydrogens (primary N) is 1. The van der Waals surface area contributed by atoms with E-state index in [1.807, 2.05) is 26.0 Å². The zero-order valence-electron chi connectivity index (χ0n) is 10.5. The van der Waals surface area contributed by atoms with Crippen LogP contribution in [-0.2, 0) is 4.79 Å². The zero-order valence-corrected chi connectivity index (χ0v) is 12.1. The minimum atomic E-state index is -0.157. The fourth-order valence-electron chi connectivity index (χ4n) is 2.39. The number of rotatable bonds is 3. The van der Waals surface area contributed by atoms with Gasteiger partial charge in [0.15, 0.2) is 0 Å². The third-order valence-corrected chi connectivity index (χ3v) is 4.59. The molecule has 2 heterocycles. The first-order valence-electron chi connectivity index (χ1n) is 6.05. The van der Waals surface area contributed by atoms with Crippen LogP contribution < -0.4 is 11.1 Å². The van der Waals surface area contributed by atoms with Gasteiger partial charge in [0, 0.05) is 24.0 Å². The van der Waals surface area contributed by atoms with Gasteiger partial charge in [-0.05, 0) is 26.0 Å². The van der Waals surface area contributed by atoms with Crippen LogP contribution >= 0.6 is 22.9 Å². The van der Waals surface area contributed by atoms with Crippen molar-refractivity contribution in [2.45, 2.75) is 32.0 Å². The number of nitrogens with one attached hydrogen (secondary N) is 1. The second-order valence-corrected chi connectivity index (χ2v) is 6.40. The van der Waals surface area contributed by atoms with Crippen LogP contribution in [-0.4, -0.2) is 36.0 Å². The molecule has 3 N–H and O–H groups in total. The maximum absolute atomic E-state index is 11.8. The molecule has 2 rings (SSSR count). The fraction of sp³-hybridized carbons (Fsp3) is 0.583. The number of hydrogen-bond acceptors (Lipinski definition) is 4. The average molecular weight is 288 g/mol. The van der Waals surface area contributed by atoms with Crippen LogP contribution in [0.5, 0.6) is 0 Å². The second kappa shape index (κ2) is 5.57. The van der Waals surface area contributed by atoms with Gasteiger partial charge in [0.1, 0.15) is 0 Å². The predicted molar refractivity (Wildman–Crippen MR) is 74.9 cm³/mol. The largest absolute Gasteiger partial charge is 0.353 e. The molecule has 0 aliphatic carbocycles. The molecule has 0 aromatic carbocycles. The summed E-state index contributed by atoms with van der Waals surface area (Å²) in [7, 11) is 0. The smallest absolute Gasteiger partial charge is 0.237 e. The maximum atomic E-state index is 11.8. The Kier molecular flexibility index (Phi) is 4.27. The molecule has 1 aliphatic heterocycles. The average Bonchev–Trinajstić information content (AvgIpc) is 2.71. The highest BCUT2D eigenvalue weighted by atomic mass is 35.5. The summed E-state index contributed by atoms with van der Waals surface area (Å²) in [5.41, 5.74) is 6.11. The molecule has 1 amide bonds. The fourth-order valence-corrected chi connectivity index (χ4v) is 3.69. The number of nitrogens with zero attached hydrogens (tertiary/aromatic N) is 1. The second-order valence-electron chi connectivity index (χ2n) is 4.65. The highest BCUT2D eigenvalue weighted by molar-refractivity contribution is 7.16. The number of thiophene rings is 1. The van der Waals surface area contributed by atoms with Gasteiger partial charge in [-0.15, -0.1) is 11.3 Å². The van der Waals surface area contributed by atoms with Gasteiger partial charge in [-0.1, -0.05) is 11.6 Å². The SMILES string of the molecule is CC(N)C(c1ccc(Cl)s1)N1CCNC(=O)C1C. The number of halogens is 1. The molecular formula is C12H18ClN3OS. The maximum Gasteiger partial charge on any atom is 0.237 e. The minimum Gasteiger partial charge on any atom is -0.353 e. The Balaban J connectivity index is 2.27. The molecule has 4 nitrogen and oxygen atoms in total. The van der Waals surface area contributed by atoms with Crippen LogP contribution in [0.4, 0.5) is 0 Å². The van der Waals surface area contributed by atoms with Gasteiger partial charge in [0.25, 0.3) is 0 Å². The van der Waals surface area contributed by atoms with Crippen LogP contribution in [0, 0.1) is 0 Å². The summed E-state index contributed by atoms with van der Waals surface area (Å²) >= 11 is 7.53. The van der Waals surface area contributed by atoms with Crippen LogP contribution in [0.15, 0.2) is 12.1 Å². The number of piperazine rings is 1. The van der Waals surface area contributed by atoms with Crippen molar-refractivity contribution < 1.29 is 4.79 Å². The van der Waals surface area contributed by atoms with Gasteiger partial charge in [0.2, 0.25) is 5.91 Å². The number of hydrogen-bond donors (Lipinski definition) is 2. The predicted octanol–water partition coefficient (Wildman–Crippen LogP) is 1.61. The highest BCUT2D eigenvalue weighted by Gasteiger charge is 2.34. The van der Waals surface area contributed by atoms with Crippen molar-refractivity contribution in [1.29, 1.82) is 0 Å². The summed E-state index contributed by atoms with van der Waals surface area (Å²) in [5.74, 6) is 0.0644. The highest BCUT2D eigenvalue weighted by Crippen LogP contribution is 2.33. The third-order valence-electron chi connectivity index (χ3n) is 3.29. The van der Waals surface area contributed by atoms with E-state index >= 15 is 0 Å². The van der Waals surface area contributed by atoms with E-state index in [1.165, 1.54) is 11.3 Å². The van der Waals surface area contributed by atoms with Crippen molar-refractivity contribution in [2.75, 3.05) is 13.1 Å². The quantitative estimate of drug-likeness (QED) is 0.888. The van der Waals surface area contributed by atoms with E-state index in [-0.39, 0.29) is 24.0 Å². The summed E-state index contributed by atoms with van der Waals surface area (Å²) < 4.78 is 0.754. The summed E-state index contributed by atoms with van der Waals surface area (Å²) in [4.78, 5) is 15.0. The summed E-state index contributed by atoms with van der Waals surface area (Å²) in [6.45, 7) is 5.37. The van der Waals surface area contributed by atoms with Crippen LogP contribution in [0.3, 0.4) is 0 Å². The van der Waals surface area contributed by atoms with E-state index in [4.69, 9.17) is 17.3 Å². The van der Waals surface area contributed by atoms with Crippen molar-refractivity contribution in [2.24, 2.45) is 5.73 Å². The van der Waals surface area contributed by atoms with E-state index in [0.717, 1.165) is 15.8 Å². The Morgan fingerprint density at radius 3 is 2.89 bits per heavy atom. The van der Waals surface area contributed by atoms with Crippen molar-refractivity contribution >= 4 is 28.8 Å². The summed E-state index contributed by atoms with van der Waals surface area (Å²) in [5, 5.41) is 2.87. The minimum absolute atomic E-state index is 0.0450. The Morgan fingerprint density at radius 2 is 2.33 bits per heavy atom. The van der Waals surface area contributed by atoms with E-state index in [1.54, 1.807) is 0 Å². The van der Waals surface area contributed by atoms with E-state index in [0.29, 0.717) is 6.54 Å². The molecule has 18 heavy (non-hydrogen) atoms. The first-order chi connectivity index (χ1) is 8.50. The van der Waals surface area contributed by atoms with Gasteiger partial charge in [-0.3, -0.25) is 9.69 Å². The first kappa shape index (κ1) is 13.8. The van der Waals surface area contributed by atoms with Gasteiger partial charge >= 0.3 is 0 Å². The third kappa shape index (κ3) is 2.69. The Bertz CT molecular complexity index is 435. The molecule has 0 radical (unpaired) electrons. The molecule has 3 unspecified atom stereocenters. The Labute approximate surface area is 116 Å². The molecule has 1 aliphatic rings. The zero-order chi connectivity index (χ0) is 13.3. The molecule has 1 aromatic heterocycles. The molecule has 100 valence electrons. The molecule has 6 heteroatoms. The molecule has 0 spiro atoms. The van der Waals surface area contributed by atoms with Crippen molar-refractivity contribution in [3.63, 3.8) is 0 Å². The van der Waals surface area contributed by atoms with Crippen LogP contribution in [0.2, 0.25) is 4.34 Å². The van der Waals surface area contributed by atoms with E-state index in [9.17, 15) is 4.79 Å². The standard InChI is InChI=1S/C12H18ClN3OS/c1-7(14)11(9-3-4-10(13)18-9)16-6-5-15-12(17)8(16)2/h3-4,7-8,11H,5-6,14H2,1-2H3,(H,15,17). The number of carbonyl (C=O) groups excluding carboxylic acids is 1. The molecule has 1 aromatic rings. The molecule has 1 fully saturated rings. The molecule has 3 atom stereocenters. The normalized spacial score (nSPS) is 24.7. The Hall–Kier alpha value is -0.620. The molecule has 0 bridgehead atoms. The molecule has 1 saturated heterocycles. The summed E-state index contributed by atoms with van der Waals surface area (Å²) in [6.07, 6.45) is 0. The van der Waals surface area contributed by atoms with Gasteiger partial charge in [0.05, 0.1) is 16.4 Å². The Morgan fingerprint density at radius 1 is 1.61 bits per heavy atom. The van der Waals surface area contributed by atoms with Crippen molar-refractivity contribution in [1.82, 2.24) is 10.2 Å². The number of amides is 1. The van der Waals surface area contributed by atoms with Crippen LogP contribution in [0.1, 0.15) is 24.8 Å². The lowest BCUT2D eigenvalue weighted by atomic mass is 10.0. The lowest BCUT2D eigenvalue weighted by molar-refractivity contribution is -0.129. The first-order valence-corrected chi connectivity index (χ1v) is 7.24. The topological polar surface area (TPSA) is 58.4 Å². The molecule has 0 saturated carbocycles. The van der Waals surface area contributed by atoms with Gasteiger partial charge in [-0.25, -0.2) is 0 Å².